The van der Waals surface area contributed by atoms with Gasteiger partial charge in [0.15, 0.2) is 0 Å². The summed E-state index contributed by atoms with van der Waals surface area (Å²) >= 11 is 0. The maximum Gasteiger partial charge on any atom is 0.222 e. The summed E-state index contributed by atoms with van der Waals surface area (Å²) in [7, 11) is 1.90. The van der Waals surface area contributed by atoms with Crippen molar-refractivity contribution >= 4 is 0 Å². The monoisotopic (exact) mass is 461 g/mol. The van der Waals surface area contributed by atoms with Crippen LogP contribution in [0.25, 0.3) is 11.3 Å². The molecule has 0 aliphatic heterocycles. The van der Waals surface area contributed by atoms with E-state index < -0.39 is 6.10 Å². The lowest BCUT2D eigenvalue weighted by Crippen LogP contribution is -2.37. The molecule has 0 spiro atoms. The van der Waals surface area contributed by atoms with Crippen LogP contribution in [-0.4, -0.2) is 52.2 Å². The van der Waals surface area contributed by atoms with Gasteiger partial charge in [-0.3, -0.25) is 4.90 Å². The van der Waals surface area contributed by atoms with E-state index in [4.69, 9.17) is 21.0 Å². The molecule has 6 nitrogen and oxygen atoms in total. The van der Waals surface area contributed by atoms with Crippen molar-refractivity contribution in [1.82, 2.24) is 14.7 Å². The van der Waals surface area contributed by atoms with Gasteiger partial charge in [-0.1, -0.05) is 67.8 Å². The average Bonchev–Trinajstić information content (AvgIpc) is 3.10. The summed E-state index contributed by atoms with van der Waals surface area (Å²) in [5, 5.41) is 15.4. The maximum atomic E-state index is 10.6. The van der Waals surface area contributed by atoms with Crippen molar-refractivity contribution in [2.75, 3.05) is 26.3 Å². The molecule has 0 bridgehead atoms. The third-order valence-corrected chi connectivity index (χ3v) is 5.34. The van der Waals surface area contributed by atoms with Gasteiger partial charge in [-0.15, -0.1) is 6.42 Å². The van der Waals surface area contributed by atoms with E-state index in [1.165, 1.54) is 5.56 Å². The fraction of sp³-hybridized carbons (Fsp3) is 0.393. The standard InChI is InChI=1S/C28H35N3O3/c1-6-16-33-20-24(32)18-31(17-21(2)3)19-26-27(23-10-8-7-9-11-23)29-30(5)28(26)34-25-14-12-22(4)13-15-25/h1,7-15,21,24,32H,16-20H2,2-5H3/t24-/m1/s1. The molecule has 0 aliphatic rings. The van der Waals surface area contributed by atoms with Crippen molar-refractivity contribution in [2.45, 2.75) is 33.4 Å². The quantitative estimate of drug-likeness (QED) is 0.314. The van der Waals surface area contributed by atoms with E-state index in [9.17, 15) is 5.11 Å². The molecule has 0 fully saturated rings. The molecule has 3 aromatic rings. The van der Waals surface area contributed by atoms with Gasteiger partial charge in [0.1, 0.15) is 18.1 Å². The number of nitrogens with zero attached hydrogens (tertiary/aromatic N) is 3. The lowest BCUT2D eigenvalue weighted by molar-refractivity contribution is 0.0237. The first-order valence-corrected chi connectivity index (χ1v) is 11.6. The highest BCUT2D eigenvalue weighted by molar-refractivity contribution is 5.65. The summed E-state index contributed by atoms with van der Waals surface area (Å²) in [4.78, 5) is 2.22. The van der Waals surface area contributed by atoms with Gasteiger partial charge in [-0.05, 0) is 25.0 Å². The zero-order valence-corrected chi connectivity index (χ0v) is 20.6. The molecule has 1 N–H and O–H groups in total. The van der Waals surface area contributed by atoms with E-state index in [2.05, 4.69) is 43.7 Å². The zero-order chi connectivity index (χ0) is 24.5. The first-order valence-electron chi connectivity index (χ1n) is 11.6. The Bertz CT molecular complexity index is 1070. The summed E-state index contributed by atoms with van der Waals surface area (Å²) in [5.74, 6) is 4.30. The molecule has 0 aliphatic carbocycles. The highest BCUT2D eigenvalue weighted by Gasteiger charge is 2.24. The summed E-state index contributed by atoms with van der Waals surface area (Å²) in [6.45, 7) is 8.60. The van der Waals surface area contributed by atoms with Crippen molar-refractivity contribution in [3.63, 3.8) is 0 Å². The molecule has 3 rings (SSSR count). The fourth-order valence-corrected chi connectivity index (χ4v) is 3.92. The van der Waals surface area contributed by atoms with Crippen molar-refractivity contribution in [2.24, 2.45) is 13.0 Å². The lowest BCUT2D eigenvalue weighted by atomic mass is 10.1. The number of hydrogen-bond donors (Lipinski definition) is 1. The van der Waals surface area contributed by atoms with Crippen LogP contribution >= 0.6 is 0 Å². The molecule has 6 heteroatoms. The Balaban J connectivity index is 1.94. The van der Waals surface area contributed by atoms with Gasteiger partial charge in [0.25, 0.3) is 0 Å². The molecule has 34 heavy (non-hydrogen) atoms. The molecule has 0 radical (unpaired) electrons. The highest BCUT2D eigenvalue weighted by atomic mass is 16.5. The summed E-state index contributed by atoms with van der Waals surface area (Å²) in [6.07, 6.45) is 4.61. The third-order valence-electron chi connectivity index (χ3n) is 5.34. The predicted octanol–water partition coefficient (Wildman–Crippen LogP) is 4.66. The number of rotatable bonds is 12. The Morgan fingerprint density at radius 2 is 1.79 bits per heavy atom. The molecule has 1 atom stereocenters. The number of ether oxygens (including phenoxy) is 2. The summed E-state index contributed by atoms with van der Waals surface area (Å²) < 4.78 is 13.5. The number of hydrogen-bond acceptors (Lipinski definition) is 5. The Hall–Kier alpha value is -3.11. The van der Waals surface area contributed by atoms with Crippen LogP contribution in [-0.2, 0) is 18.3 Å². The van der Waals surface area contributed by atoms with Crippen LogP contribution in [0.3, 0.4) is 0 Å². The predicted molar refractivity (Wildman–Crippen MR) is 136 cm³/mol. The highest BCUT2D eigenvalue weighted by Crippen LogP contribution is 2.34. The molecule has 0 saturated heterocycles. The minimum absolute atomic E-state index is 0.191. The smallest absolute Gasteiger partial charge is 0.222 e. The van der Waals surface area contributed by atoms with Gasteiger partial charge in [-0.25, -0.2) is 4.68 Å². The molecule has 0 saturated carbocycles. The molecule has 0 unspecified atom stereocenters. The Labute approximate surface area is 203 Å². The SMILES string of the molecule is C#CCOC[C@H](O)CN(Cc1c(-c2ccccc2)nn(C)c1Oc1ccc(C)cc1)CC(C)C. The van der Waals surface area contributed by atoms with E-state index in [-0.39, 0.29) is 13.2 Å². The van der Waals surface area contributed by atoms with Gasteiger partial charge >= 0.3 is 0 Å². The van der Waals surface area contributed by atoms with Gasteiger partial charge in [0.05, 0.1) is 18.3 Å². The van der Waals surface area contributed by atoms with E-state index >= 15 is 0 Å². The van der Waals surface area contributed by atoms with E-state index in [1.807, 2.05) is 49.5 Å². The van der Waals surface area contributed by atoms with E-state index in [0.717, 1.165) is 29.1 Å². The second kappa shape index (κ2) is 12.4. The second-order valence-electron chi connectivity index (χ2n) is 9.00. The van der Waals surface area contributed by atoms with Crippen LogP contribution in [0.5, 0.6) is 11.6 Å². The molecular formula is C28H35N3O3. The van der Waals surface area contributed by atoms with E-state index in [0.29, 0.717) is 24.9 Å². The number of terminal acetylenes is 1. The normalized spacial score (nSPS) is 12.2. The van der Waals surface area contributed by atoms with Gasteiger partial charge < -0.3 is 14.6 Å². The molecule has 180 valence electrons. The Kier molecular flexibility index (Phi) is 9.29. The first-order chi connectivity index (χ1) is 16.4. The van der Waals surface area contributed by atoms with Crippen molar-refractivity contribution < 1.29 is 14.6 Å². The molecular weight excluding hydrogens is 426 g/mol. The van der Waals surface area contributed by atoms with Crippen LogP contribution in [0.1, 0.15) is 25.0 Å². The van der Waals surface area contributed by atoms with Crippen LogP contribution in [0.15, 0.2) is 54.6 Å². The fourth-order valence-electron chi connectivity index (χ4n) is 3.92. The Morgan fingerprint density at radius 3 is 2.44 bits per heavy atom. The van der Waals surface area contributed by atoms with Gasteiger partial charge in [0, 0.05) is 32.2 Å². The first kappa shape index (κ1) is 25.5. The van der Waals surface area contributed by atoms with Crippen LogP contribution in [0, 0.1) is 25.2 Å². The number of aliphatic hydroxyl groups is 1. The number of aliphatic hydroxyl groups excluding tert-OH is 1. The zero-order valence-electron chi connectivity index (χ0n) is 20.6. The topological polar surface area (TPSA) is 59.8 Å². The third kappa shape index (κ3) is 7.19. The van der Waals surface area contributed by atoms with Crippen LogP contribution in [0.2, 0.25) is 0 Å². The number of aromatic nitrogens is 2. The molecule has 1 aromatic heterocycles. The average molecular weight is 462 g/mol. The minimum Gasteiger partial charge on any atom is -0.439 e. The minimum atomic E-state index is -0.648. The Morgan fingerprint density at radius 1 is 1.09 bits per heavy atom. The summed E-state index contributed by atoms with van der Waals surface area (Å²) in [5.41, 5.74) is 4.05. The van der Waals surface area contributed by atoms with Crippen LogP contribution in [0.4, 0.5) is 0 Å². The largest absolute Gasteiger partial charge is 0.439 e. The second-order valence-corrected chi connectivity index (χ2v) is 9.00. The maximum absolute atomic E-state index is 10.6. The van der Waals surface area contributed by atoms with Gasteiger partial charge in [0.2, 0.25) is 5.88 Å². The van der Waals surface area contributed by atoms with E-state index in [1.54, 1.807) is 4.68 Å². The summed E-state index contributed by atoms with van der Waals surface area (Å²) in [6, 6.07) is 18.1. The number of benzene rings is 2. The molecule has 1 heterocycles. The van der Waals surface area contributed by atoms with Crippen molar-refractivity contribution in [1.29, 1.82) is 0 Å². The van der Waals surface area contributed by atoms with Crippen molar-refractivity contribution in [3.8, 4) is 35.2 Å². The lowest BCUT2D eigenvalue weighted by Gasteiger charge is -2.27. The molecule has 0 amide bonds. The number of aryl methyl sites for hydroxylation is 2. The van der Waals surface area contributed by atoms with Crippen molar-refractivity contribution in [3.05, 3.63) is 65.7 Å². The van der Waals surface area contributed by atoms with Crippen LogP contribution < -0.4 is 4.74 Å². The van der Waals surface area contributed by atoms with Gasteiger partial charge in [-0.2, -0.15) is 5.10 Å². The molecule has 2 aromatic carbocycles.